The lowest BCUT2D eigenvalue weighted by molar-refractivity contribution is -0.394. The SMILES string of the molecule is CCOc1ccc(Oc2cc(NC(=O)C(C(Sc3nc4ccccc4n3CCOc3ccc(Cl)cc3)C(=O)O)n3cnc([N+](=O)[O-])n3)cc(Oc3cccc(C)c3)c2)cc1. The largest absolute Gasteiger partial charge is 0.494 e. The number of fused-ring (bicyclic) bond motifs is 1. The Morgan fingerprint density at radius 3 is 2.23 bits per heavy atom. The molecule has 0 aliphatic carbocycles. The molecule has 2 aromatic heterocycles. The normalized spacial score (nSPS) is 12.1. The Kier molecular flexibility index (Phi) is 12.8. The third-order valence-electron chi connectivity index (χ3n) is 8.74. The van der Waals surface area contributed by atoms with Gasteiger partial charge in [-0.05, 0) is 97.1 Å². The summed E-state index contributed by atoms with van der Waals surface area (Å²) in [4.78, 5) is 47.1. The van der Waals surface area contributed by atoms with Crippen molar-refractivity contribution in [1.29, 1.82) is 0 Å². The number of anilines is 1. The van der Waals surface area contributed by atoms with Gasteiger partial charge in [0.2, 0.25) is 6.33 Å². The zero-order valence-electron chi connectivity index (χ0n) is 32.0. The summed E-state index contributed by atoms with van der Waals surface area (Å²) in [5.74, 6) is -0.380. The van der Waals surface area contributed by atoms with Gasteiger partial charge in [-0.2, -0.15) is 4.68 Å². The summed E-state index contributed by atoms with van der Waals surface area (Å²) < 4.78 is 26.5. The van der Waals surface area contributed by atoms with Crippen molar-refractivity contribution in [3.8, 4) is 34.5 Å². The van der Waals surface area contributed by atoms with Gasteiger partial charge in [0.15, 0.2) is 11.2 Å². The van der Waals surface area contributed by atoms with Crippen molar-refractivity contribution < 1.29 is 38.6 Å². The number of carbonyl (C=O) groups is 2. The summed E-state index contributed by atoms with van der Waals surface area (Å²) in [7, 11) is 0. The number of nitrogens with zero attached hydrogens (tertiary/aromatic N) is 6. The number of ether oxygens (including phenoxy) is 4. The molecule has 0 fully saturated rings. The van der Waals surface area contributed by atoms with E-state index in [0.717, 1.165) is 28.3 Å². The van der Waals surface area contributed by atoms with Crippen LogP contribution in [0.5, 0.6) is 34.5 Å². The molecule has 0 saturated carbocycles. The summed E-state index contributed by atoms with van der Waals surface area (Å²) in [5.41, 5.74) is 2.36. The molecule has 7 aromatic rings. The van der Waals surface area contributed by atoms with E-state index in [1.807, 2.05) is 44.2 Å². The van der Waals surface area contributed by atoms with Gasteiger partial charge in [-0.1, -0.05) is 52.6 Å². The molecule has 0 bridgehead atoms. The summed E-state index contributed by atoms with van der Waals surface area (Å²) >= 11 is 6.80. The molecule has 0 aliphatic heterocycles. The van der Waals surface area contributed by atoms with Crippen LogP contribution in [0.15, 0.2) is 127 Å². The number of aromatic nitrogens is 5. The number of rotatable bonds is 18. The Labute approximate surface area is 351 Å². The zero-order chi connectivity index (χ0) is 42.2. The van der Waals surface area contributed by atoms with Crippen LogP contribution in [-0.2, 0) is 16.1 Å². The second-order valence-corrected chi connectivity index (χ2v) is 14.6. The average Bonchev–Trinajstić information content (AvgIpc) is 3.85. The van der Waals surface area contributed by atoms with E-state index >= 15 is 0 Å². The number of benzene rings is 5. The van der Waals surface area contributed by atoms with E-state index in [0.29, 0.717) is 45.7 Å². The highest BCUT2D eigenvalue weighted by Crippen LogP contribution is 2.37. The summed E-state index contributed by atoms with van der Waals surface area (Å²) in [6, 6.07) is 31.3. The van der Waals surface area contributed by atoms with Crippen molar-refractivity contribution in [3.63, 3.8) is 0 Å². The van der Waals surface area contributed by atoms with Gasteiger partial charge < -0.3 is 44.1 Å². The zero-order valence-corrected chi connectivity index (χ0v) is 33.6. The van der Waals surface area contributed by atoms with Crippen molar-refractivity contribution in [2.45, 2.75) is 36.8 Å². The molecule has 0 radical (unpaired) electrons. The Morgan fingerprint density at radius 1 is 0.867 bits per heavy atom. The molecule has 306 valence electrons. The van der Waals surface area contributed by atoms with Gasteiger partial charge in [-0.25, -0.2) is 4.98 Å². The number of halogens is 1. The van der Waals surface area contributed by atoms with Crippen LogP contribution in [0.3, 0.4) is 0 Å². The number of aliphatic carboxylic acids is 1. The molecule has 2 N–H and O–H groups in total. The first-order valence-corrected chi connectivity index (χ1v) is 19.7. The van der Waals surface area contributed by atoms with Crippen molar-refractivity contribution in [2.75, 3.05) is 18.5 Å². The first-order chi connectivity index (χ1) is 29.0. The van der Waals surface area contributed by atoms with Crippen molar-refractivity contribution in [1.82, 2.24) is 24.3 Å². The Balaban J connectivity index is 1.22. The van der Waals surface area contributed by atoms with Gasteiger partial charge >= 0.3 is 11.9 Å². The minimum Gasteiger partial charge on any atom is -0.494 e. The number of hydrogen-bond donors (Lipinski definition) is 2. The highest BCUT2D eigenvalue weighted by atomic mass is 35.5. The van der Waals surface area contributed by atoms with Crippen LogP contribution >= 0.6 is 23.4 Å². The van der Waals surface area contributed by atoms with E-state index in [1.54, 1.807) is 77.4 Å². The van der Waals surface area contributed by atoms with Gasteiger partial charge in [-0.15, -0.1) is 0 Å². The fraction of sp³-hybridized carbons (Fsp3) is 0.167. The molecule has 0 saturated heterocycles. The van der Waals surface area contributed by atoms with Crippen molar-refractivity contribution >= 4 is 57.9 Å². The number of carbonyl (C=O) groups excluding carboxylic acids is 1. The number of amides is 1. The first-order valence-electron chi connectivity index (χ1n) is 18.4. The maximum Gasteiger partial charge on any atom is 0.490 e. The van der Waals surface area contributed by atoms with E-state index in [1.165, 1.54) is 12.1 Å². The van der Waals surface area contributed by atoms with Crippen molar-refractivity contribution in [3.05, 3.63) is 142 Å². The van der Waals surface area contributed by atoms with Crippen LogP contribution in [-0.4, -0.2) is 64.7 Å². The van der Waals surface area contributed by atoms with Crippen LogP contribution in [0, 0.1) is 17.0 Å². The van der Waals surface area contributed by atoms with Gasteiger partial charge in [-0.3, -0.25) is 9.59 Å². The molecular formula is C42H36ClN7O9S. The molecule has 2 atom stereocenters. The summed E-state index contributed by atoms with van der Waals surface area (Å²) in [5, 5.41) is 28.3. The maximum atomic E-state index is 14.5. The van der Waals surface area contributed by atoms with Crippen LogP contribution in [0.25, 0.3) is 11.0 Å². The molecule has 0 aliphatic rings. The quantitative estimate of drug-likeness (QED) is 0.0472. The second-order valence-electron chi connectivity index (χ2n) is 13.0. The fourth-order valence-corrected chi connectivity index (χ4v) is 7.39. The van der Waals surface area contributed by atoms with Gasteiger partial charge in [0.1, 0.15) is 46.4 Å². The van der Waals surface area contributed by atoms with Gasteiger partial charge in [0.05, 0.1) is 24.2 Å². The van der Waals surface area contributed by atoms with Gasteiger partial charge in [0, 0.05) is 34.0 Å². The average molecular weight is 850 g/mol. The number of carboxylic acid groups (broad SMARTS) is 1. The molecular weight excluding hydrogens is 814 g/mol. The lowest BCUT2D eigenvalue weighted by Crippen LogP contribution is -2.38. The molecule has 2 heterocycles. The molecule has 5 aromatic carbocycles. The summed E-state index contributed by atoms with van der Waals surface area (Å²) in [6.07, 6.45) is 0.944. The summed E-state index contributed by atoms with van der Waals surface area (Å²) in [6.45, 7) is 4.71. The predicted octanol–water partition coefficient (Wildman–Crippen LogP) is 8.99. The number of thioether (sulfide) groups is 1. The highest BCUT2D eigenvalue weighted by Gasteiger charge is 2.41. The van der Waals surface area contributed by atoms with Crippen LogP contribution in [0.4, 0.5) is 11.6 Å². The Bertz CT molecular complexity index is 2640. The third kappa shape index (κ3) is 10.1. The van der Waals surface area contributed by atoms with Crippen molar-refractivity contribution in [2.24, 2.45) is 0 Å². The van der Waals surface area contributed by atoms with E-state index in [2.05, 4.69) is 15.4 Å². The van der Waals surface area contributed by atoms with Crippen LogP contribution in [0.2, 0.25) is 5.02 Å². The number of carboxylic acids is 1. The highest BCUT2D eigenvalue weighted by molar-refractivity contribution is 8.00. The minimum atomic E-state index is -1.70. The molecule has 16 nitrogen and oxygen atoms in total. The second kappa shape index (κ2) is 18.6. The van der Waals surface area contributed by atoms with E-state index in [9.17, 15) is 24.8 Å². The predicted molar refractivity (Wildman–Crippen MR) is 224 cm³/mol. The molecule has 2 unspecified atom stereocenters. The standard InChI is InChI=1S/C42H36ClN7O9S/c1-3-56-29-15-17-31(18-16-29)58-33-22-28(23-34(24-33)59-32-8-6-7-26(2)21-32)45-39(51)37(49-25-44-41(47-49)50(54)55)38(40(52)53)60-42-46-35-9-4-5-10-36(35)48(42)19-20-57-30-13-11-27(43)12-14-30/h4-18,21-25,37-38H,3,19-20H2,1-2H3,(H,45,51)(H,52,53). The lowest BCUT2D eigenvalue weighted by Gasteiger charge is -2.22. The fourth-order valence-electron chi connectivity index (χ4n) is 6.09. The topological polar surface area (TPSA) is 195 Å². The third-order valence-corrected chi connectivity index (χ3v) is 10.2. The van der Waals surface area contributed by atoms with Crippen LogP contribution < -0.4 is 24.3 Å². The number of nitro groups is 1. The number of imidazole rings is 1. The molecule has 0 spiro atoms. The number of hydrogen-bond acceptors (Lipinski definition) is 12. The molecule has 7 rings (SSSR count). The van der Waals surface area contributed by atoms with Crippen LogP contribution in [0.1, 0.15) is 18.5 Å². The van der Waals surface area contributed by atoms with E-state index in [4.69, 9.17) is 35.5 Å². The molecule has 60 heavy (non-hydrogen) atoms. The smallest absolute Gasteiger partial charge is 0.490 e. The Hall–Kier alpha value is -7.11. The van der Waals surface area contributed by atoms with E-state index < -0.39 is 34.0 Å². The number of aryl methyl sites for hydroxylation is 1. The van der Waals surface area contributed by atoms with E-state index in [-0.39, 0.29) is 35.5 Å². The van der Waals surface area contributed by atoms with Gasteiger partial charge in [0.25, 0.3) is 5.91 Å². The molecule has 1 amide bonds. The number of para-hydroxylation sites is 2. The lowest BCUT2D eigenvalue weighted by atomic mass is 10.1. The number of nitrogens with one attached hydrogen (secondary N) is 1. The maximum absolute atomic E-state index is 14.5. The Morgan fingerprint density at radius 2 is 1.55 bits per heavy atom. The minimum absolute atomic E-state index is 0.159. The monoisotopic (exact) mass is 849 g/mol. The first kappa shape index (κ1) is 41.1. The molecule has 18 heteroatoms.